The van der Waals surface area contributed by atoms with E-state index < -0.39 is 0 Å². The summed E-state index contributed by atoms with van der Waals surface area (Å²) in [6.45, 7) is 5.39. The standard InChI is InChI=1S/C14H22ClN3/c1-10(2)7-18-13(16-9-17-18)6-14(8-15)4-11-3-12(11)5-14/h9-12H,3-8H2,1-2H3. The van der Waals surface area contributed by atoms with Crippen molar-refractivity contribution in [2.45, 2.75) is 46.1 Å². The van der Waals surface area contributed by atoms with Crippen LogP contribution in [0, 0.1) is 23.2 Å². The van der Waals surface area contributed by atoms with E-state index in [1.165, 1.54) is 19.3 Å². The molecule has 2 atom stereocenters. The molecule has 0 radical (unpaired) electrons. The van der Waals surface area contributed by atoms with Gasteiger partial charge in [0.15, 0.2) is 0 Å². The predicted molar refractivity (Wildman–Crippen MR) is 72.5 cm³/mol. The van der Waals surface area contributed by atoms with E-state index in [1.54, 1.807) is 6.33 Å². The second kappa shape index (κ2) is 4.52. The molecular weight excluding hydrogens is 246 g/mol. The minimum absolute atomic E-state index is 0.302. The van der Waals surface area contributed by atoms with Crippen LogP contribution < -0.4 is 0 Å². The van der Waals surface area contributed by atoms with Crippen LogP contribution in [0.4, 0.5) is 0 Å². The minimum atomic E-state index is 0.302. The summed E-state index contributed by atoms with van der Waals surface area (Å²) in [5, 5.41) is 4.36. The molecule has 0 N–H and O–H groups in total. The van der Waals surface area contributed by atoms with Gasteiger partial charge in [-0.15, -0.1) is 11.6 Å². The largest absolute Gasteiger partial charge is 0.250 e. The second-order valence-corrected chi connectivity index (χ2v) is 6.99. The van der Waals surface area contributed by atoms with Gasteiger partial charge in [-0.3, -0.25) is 0 Å². The lowest BCUT2D eigenvalue weighted by molar-refractivity contribution is 0.288. The summed E-state index contributed by atoms with van der Waals surface area (Å²) < 4.78 is 2.07. The predicted octanol–water partition coefficient (Wildman–Crippen LogP) is 3.13. The van der Waals surface area contributed by atoms with Crippen molar-refractivity contribution in [3.05, 3.63) is 12.2 Å². The average Bonchev–Trinajstić information content (AvgIpc) is 2.73. The van der Waals surface area contributed by atoms with Gasteiger partial charge in [0.1, 0.15) is 12.2 Å². The van der Waals surface area contributed by atoms with Gasteiger partial charge in [-0.1, -0.05) is 13.8 Å². The van der Waals surface area contributed by atoms with Gasteiger partial charge in [0.25, 0.3) is 0 Å². The van der Waals surface area contributed by atoms with Gasteiger partial charge in [0, 0.05) is 18.8 Å². The quantitative estimate of drug-likeness (QED) is 0.768. The van der Waals surface area contributed by atoms with Crippen LogP contribution in [0.25, 0.3) is 0 Å². The molecule has 1 aromatic rings. The third-order valence-corrected chi connectivity index (χ3v) is 5.08. The van der Waals surface area contributed by atoms with Crippen molar-refractivity contribution in [3.8, 4) is 0 Å². The van der Waals surface area contributed by atoms with Crippen molar-refractivity contribution in [3.63, 3.8) is 0 Å². The molecule has 18 heavy (non-hydrogen) atoms. The van der Waals surface area contributed by atoms with Crippen LogP contribution in [0.1, 0.15) is 38.9 Å². The number of halogens is 1. The fraction of sp³-hybridized carbons (Fsp3) is 0.857. The van der Waals surface area contributed by atoms with E-state index in [-0.39, 0.29) is 0 Å². The molecule has 0 spiro atoms. The Morgan fingerprint density at radius 3 is 2.78 bits per heavy atom. The zero-order valence-electron chi connectivity index (χ0n) is 11.3. The van der Waals surface area contributed by atoms with Crippen molar-refractivity contribution in [1.82, 2.24) is 14.8 Å². The van der Waals surface area contributed by atoms with E-state index in [4.69, 9.17) is 11.6 Å². The van der Waals surface area contributed by atoms with Gasteiger partial charge in [-0.05, 0) is 42.4 Å². The highest BCUT2D eigenvalue weighted by Crippen LogP contribution is 2.61. The fourth-order valence-corrected chi connectivity index (χ4v) is 3.88. The summed E-state index contributed by atoms with van der Waals surface area (Å²) in [5.74, 6) is 4.43. The third-order valence-electron chi connectivity index (χ3n) is 4.51. The van der Waals surface area contributed by atoms with Crippen LogP contribution >= 0.6 is 11.6 Å². The first-order valence-corrected chi connectivity index (χ1v) is 7.58. The number of hydrogen-bond donors (Lipinski definition) is 0. The lowest BCUT2D eigenvalue weighted by atomic mass is 9.81. The van der Waals surface area contributed by atoms with E-state index in [1.807, 2.05) is 0 Å². The highest BCUT2D eigenvalue weighted by atomic mass is 35.5. The van der Waals surface area contributed by atoms with Crippen LogP contribution in [-0.2, 0) is 13.0 Å². The number of hydrogen-bond acceptors (Lipinski definition) is 2. The topological polar surface area (TPSA) is 30.7 Å². The summed E-state index contributed by atoms with van der Waals surface area (Å²) in [6, 6.07) is 0. The first-order chi connectivity index (χ1) is 8.62. The van der Waals surface area contributed by atoms with Crippen LogP contribution in [0.3, 0.4) is 0 Å². The Kier molecular flexibility index (Phi) is 3.13. The Hall–Kier alpha value is -0.570. The molecule has 2 aliphatic carbocycles. The third kappa shape index (κ3) is 2.29. The maximum absolute atomic E-state index is 6.27. The highest BCUT2D eigenvalue weighted by molar-refractivity contribution is 6.18. The molecule has 2 unspecified atom stereocenters. The smallest absolute Gasteiger partial charge is 0.138 e. The zero-order chi connectivity index (χ0) is 12.8. The van der Waals surface area contributed by atoms with Gasteiger partial charge in [-0.25, -0.2) is 9.67 Å². The second-order valence-electron chi connectivity index (χ2n) is 6.73. The number of fused-ring (bicyclic) bond motifs is 1. The molecule has 1 heterocycles. The Morgan fingerprint density at radius 1 is 1.44 bits per heavy atom. The number of alkyl halides is 1. The van der Waals surface area contributed by atoms with E-state index in [9.17, 15) is 0 Å². The summed E-state index contributed by atoms with van der Waals surface area (Å²) in [6.07, 6.45) is 6.74. The Bertz CT molecular complexity index is 416. The molecule has 2 fully saturated rings. The van der Waals surface area contributed by atoms with E-state index >= 15 is 0 Å². The van der Waals surface area contributed by atoms with Crippen LogP contribution in [0.15, 0.2) is 6.33 Å². The molecule has 100 valence electrons. The first kappa shape index (κ1) is 12.5. The first-order valence-electron chi connectivity index (χ1n) is 7.04. The van der Waals surface area contributed by atoms with Gasteiger partial charge in [0.05, 0.1) is 0 Å². The summed E-state index contributed by atoms with van der Waals surface area (Å²) in [5.41, 5.74) is 0.302. The normalized spacial score (nSPS) is 34.0. The summed E-state index contributed by atoms with van der Waals surface area (Å²) in [7, 11) is 0. The minimum Gasteiger partial charge on any atom is -0.250 e. The SMILES string of the molecule is CC(C)Cn1ncnc1CC1(CCl)CC2CC2C1. The molecule has 4 heteroatoms. The average molecular weight is 268 g/mol. The van der Waals surface area contributed by atoms with Crippen molar-refractivity contribution in [1.29, 1.82) is 0 Å². The molecule has 0 amide bonds. The number of nitrogens with zero attached hydrogens (tertiary/aromatic N) is 3. The van der Waals surface area contributed by atoms with Crippen LogP contribution in [-0.4, -0.2) is 20.6 Å². The molecule has 0 saturated heterocycles. The van der Waals surface area contributed by atoms with Gasteiger partial charge in [0.2, 0.25) is 0 Å². The molecule has 2 saturated carbocycles. The fourth-order valence-electron chi connectivity index (χ4n) is 3.57. The zero-order valence-corrected chi connectivity index (χ0v) is 12.0. The van der Waals surface area contributed by atoms with Gasteiger partial charge < -0.3 is 0 Å². The molecule has 3 nitrogen and oxygen atoms in total. The highest BCUT2D eigenvalue weighted by Gasteiger charge is 2.53. The molecule has 2 aliphatic rings. The van der Waals surface area contributed by atoms with E-state index in [0.717, 1.165) is 36.5 Å². The van der Waals surface area contributed by atoms with Crippen molar-refractivity contribution in [2.75, 3.05) is 5.88 Å². The molecule has 0 aliphatic heterocycles. The Balaban J connectivity index is 1.73. The van der Waals surface area contributed by atoms with Gasteiger partial charge in [-0.2, -0.15) is 5.10 Å². The molecule has 3 rings (SSSR count). The maximum Gasteiger partial charge on any atom is 0.138 e. The Morgan fingerprint density at radius 2 is 2.17 bits per heavy atom. The van der Waals surface area contributed by atoms with Crippen LogP contribution in [0.5, 0.6) is 0 Å². The maximum atomic E-state index is 6.27. The van der Waals surface area contributed by atoms with E-state index in [0.29, 0.717) is 11.3 Å². The van der Waals surface area contributed by atoms with Crippen molar-refractivity contribution >= 4 is 11.6 Å². The van der Waals surface area contributed by atoms with Crippen molar-refractivity contribution < 1.29 is 0 Å². The van der Waals surface area contributed by atoms with Crippen molar-refractivity contribution in [2.24, 2.45) is 23.2 Å². The Labute approximate surface area is 114 Å². The lowest BCUT2D eigenvalue weighted by Gasteiger charge is -2.28. The van der Waals surface area contributed by atoms with Gasteiger partial charge >= 0.3 is 0 Å². The molecular formula is C14H22ClN3. The van der Waals surface area contributed by atoms with Crippen LogP contribution in [0.2, 0.25) is 0 Å². The number of aromatic nitrogens is 3. The summed E-state index contributed by atoms with van der Waals surface area (Å²) in [4.78, 5) is 4.46. The monoisotopic (exact) mass is 267 g/mol. The van der Waals surface area contributed by atoms with E-state index in [2.05, 4.69) is 28.6 Å². The number of rotatable bonds is 5. The summed E-state index contributed by atoms with van der Waals surface area (Å²) >= 11 is 6.27. The molecule has 1 aromatic heterocycles. The molecule has 0 aromatic carbocycles. The molecule has 0 bridgehead atoms. The lowest BCUT2D eigenvalue weighted by Crippen LogP contribution is -2.26.